The van der Waals surface area contributed by atoms with E-state index in [0.717, 1.165) is 0 Å². The zero-order valence-corrected chi connectivity index (χ0v) is 14.4. The van der Waals surface area contributed by atoms with Gasteiger partial charge in [-0.25, -0.2) is 5.43 Å². The van der Waals surface area contributed by atoms with E-state index in [4.69, 9.17) is 9.47 Å². The second kappa shape index (κ2) is 9.07. The number of phenols is 1. The van der Waals surface area contributed by atoms with Crippen LogP contribution < -0.4 is 20.2 Å². The third-order valence-corrected chi connectivity index (χ3v) is 3.23. The van der Waals surface area contributed by atoms with E-state index in [1.807, 2.05) is 6.92 Å². The highest BCUT2D eigenvalue weighted by Gasteiger charge is 2.13. The molecule has 8 heteroatoms. The number of rotatable bonds is 6. The average molecular weight is 357 g/mol. The molecular formula is C18H19N3O5. The first-order valence-corrected chi connectivity index (χ1v) is 7.77. The zero-order chi connectivity index (χ0) is 18.9. The summed E-state index contributed by atoms with van der Waals surface area (Å²) < 4.78 is 10.3. The quantitative estimate of drug-likeness (QED) is 0.415. The zero-order valence-electron chi connectivity index (χ0n) is 14.4. The summed E-state index contributed by atoms with van der Waals surface area (Å²) >= 11 is 0. The molecule has 0 unspecified atom stereocenters. The summed E-state index contributed by atoms with van der Waals surface area (Å²) in [6.45, 7) is 2.40. The van der Waals surface area contributed by atoms with Crippen LogP contribution in [0.4, 0.5) is 5.69 Å². The van der Waals surface area contributed by atoms with E-state index in [1.165, 1.54) is 25.5 Å². The number of hydrogen-bond acceptors (Lipinski definition) is 6. The van der Waals surface area contributed by atoms with Crippen molar-refractivity contribution in [2.24, 2.45) is 5.10 Å². The van der Waals surface area contributed by atoms with Gasteiger partial charge in [0.1, 0.15) is 17.2 Å². The Morgan fingerprint density at radius 1 is 1.12 bits per heavy atom. The summed E-state index contributed by atoms with van der Waals surface area (Å²) in [7, 11) is 1.49. The van der Waals surface area contributed by atoms with Crippen LogP contribution in [0, 0.1) is 0 Å². The van der Waals surface area contributed by atoms with E-state index < -0.39 is 11.8 Å². The van der Waals surface area contributed by atoms with Crippen molar-refractivity contribution in [2.45, 2.75) is 6.92 Å². The molecule has 0 saturated carbocycles. The summed E-state index contributed by atoms with van der Waals surface area (Å²) in [5, 5.41) is 15.8. The van der Waals surface area contributed by atoms with Gasteiger partial charge in [0.2, 0.25) is 0 Å². The van der Waals surface area contributed by atoms with Gasteiger partial charge in [0, 0.05) is 11.3 Å². The number of ether oxygens (including phenoxy) is 2. The van der Waals surface area contributed by atoms with Crippen LogP contribution in [-0.2, 0) is 9.59 Å². The standard InChI is InChI=1S/C18H19N3O5/c1-3-26-14-6-4-13(5-7-14)20-17(23)18(24)21-19-11-12-10-15(25-2)8-9-16(12)22/h4-11,22H,3H2,1-2H3,(H,20,23)(H,21,24). The van der Waals surface area contributed by atoms with E-state index in [1.54, 1.807) is 30.3 Å². The van der Waals surface area contributed by atoms with Crippen molar-refractivity contribution in [1.82, 2.24) is 5.43 Å². The Labute approximate surface area is 150 Å². The molecular weight excluding hydrogens is 338 g/mol. The molecule has 8 nitrogen and oxygen atoms in total. The maximum Gasteiger partial charge on any atom is 0.329 e. The lowest BCUT2D eigenvalue weighted by Crippen LogP contribution is -2.32. The van der Waals surface area contributed by atoms with E-state index in [9.17, 15) is 14.7 Å². The van der Waals surface area contributed by atoms with Crippen LogP contribution in [0.5, 0.6) is 17.2 Å². The minimum atomic E-state index is -0.947. The van der Waals surface area contributed by atoms with Gasteiger partial charge in [-0.2, -0.15) is 5.10 Å². The summed E-state index contributed by atoms with van der Waals surface area (Å²) in [5.41, 5.74) is 2.87. The lowest BCUT2D eigenvalue weighted by molar-refractivity contribution is -0.136. The van der Waals surface area contributed by atoms with Gasteiger partial charge >= 0.3 is 11.8 Å². The molecule has 136 valence electrons. The molecule has 2 rings (SSSR count). The molecule has 0 atom stereocenters. The largest absolute Gasteiger partial charge is 0.507 e. The highest BCUT2D eigenvalue weighted by Crippen LogP contribution is 2.21. The Balaban J connectivity index is 1.91. The molecule has 0 aliphatic heterocycles. The second-order valence-corrected chi connectivity index (χ2v) is 5.04. The van der Waals surface area contributed by atoms with E-state index >= 15 is 0 Å². The van der Waals surface area contributed by atoms with Gasteiger partial charge in [-0.05, 0) is 49.4 Å². The molecule has 2 aromatic rings. The molecule has 2 aromatic carbocycles. The fourth-order valence-electron chi connectivity index (χ4n) is 1.96. The van der Waals surface area contributed by atoms with Crippen LogP contribution in [0.15, 0.2) is 47.6 Å². The number of hydrogen-bond donors (Lipinski definition) is 3. The highest BCUT2D eigenvalue weighted by molar-refractivity contribution is 6.39. The number of methoxy groups -OCH3 is 1. The number of carbonyl (C=O) groups is 2. The van der Waals surface area contributed by atoms with Crippen molar-refractivity contribution in [2.75, 3.05) is 19.0 Å². The molecule has 2 amide bonds. The molecule has 0 heterocycles. The van der Waals surface area contributed by atoms with Crippen molar-refractivity contribution in [3.63, 3.8) is 0 Å². The molecule has 0 bridgehead atoms. The average Bonchev–Trinajstić information content (AvgIpc) is 2.65. The van der Waals surface area contributed by atoms with Crippen LogP contribution in [-0.4, -0.2) is 36.9 Å². The molecule has 26 heavy (non-hydrogen) atoms. The predicted molar refractivity (Wildman–Crippen MR) is 96.6 cm³/mol. The number of anilines is 1. The summed E-state index contributed by atoms with van der Waals surface area (Å²) in [4.78, 5) is 23.6. The Morgan fingerprint density at radius 2 is 1.81 bits per heavy atom. The molecule has 0 saturated heterocycles. The number of hydrazone groups is 1. The van der Waals surface area contributed by atoms with Crippen molar-refractivity contribution >= 4 is 23.7 Å². The fourth-order valence-corrected chi connectivity index (χ4v) is 1.96. The van der Waals surface area contributed by atoms with Crippen LogP contribution >= 0.6 is 0 Å². The third-order valence-electron chi connectivity index (χ3n) is 3.23. The highest BCUT2D eigenvalue weighted by atomic mass is 16.5. The van der Waals surface area contributed by atoms with Crippen molar-refractivity contribution in [3.8, 4) is 17.2 Å². The Bertz CT molecular complexity index is 803. The first-order valence-electron chi connectivity index (χ1n) is 7.77. The molecule has 0 aliphatic carbocycles. The summed E-state index contributed by atoms with van der Waals surface area (Å²) in [6, 6.07) is 11.1. The van der Waals surface area contributed by atoms with Gasteiger partial charge in [0.05, 0.1) is 19.9 Å². The van der Waals surface area contributed by atoms with Gasteiger partial charge in [-0.15, -0.1) is 0 Å². The van der Waals surface area contributed by atoms with E-state index in [-0.39, 0.29) is 5.75 Å². The van der Waals surface area contributed by atoms with Crippen LogP contribution in [0.3, 0.4) is 0 Å². The molecule has 0 spiro atoms. The Morgan fingerprint density at radius 3 is 2.46 bits per heavy atom. The van der Waals surface area contributed by atoms with Gasteiger partial charge in [-0.1, -0.05) is 0 Å². The van der Waals surface area contributed by atoms with Gasteiger partial charge in [0.25, 0.3) is 0 Å². The monoisotopic (exact) mass is 357 g/mol. The number of nitrogens with zero attached hydrogens (tertiary/aromatic N) is 1. The lowest BCUT2D eigenvalue weighted by Gasteiger charge is -2.06. The number of carbonyl (C=O) groups excluding carboxylic acids is 2. The van der Waals surface area contributed by atoms with Gasteiger partial charge in [-0.3, -0.25) is 9.59 Å². The minimum absolute atomic E-state index is 0.0392. The maximum atomic E-state index is 11.8. The lowest BCUT2D eigenvalue weighted by atomic mass is 10.2. The van der Waals surface area contributed by atoms with Crippen LogP contribution in [0.25, 0.3) is 0 Å². The molecule has 0 radical (unpaired) electrons. The van der Waals surface area contributed by atoms with Crippen LogP contribution in [0.1, 0.15) is 12.5 Å². The number of amides is 2. The Kier molecular flexibility index (Phi) is 6.55. The molecule has 0 aliphatic rings. The molecule has 0 aromatic heterocycles. The van der Waals surface area contributed by atoms with Crippen molar-refractivity contribution < 1.29 is 24.2 Å². The van der Waals surface area contributed by atoms with Gasteiger partial charge in [0.15, 0.2) is 0 Å². The van der Waals surface area contributed by atoms with E-state index in [0.29, 0.717) is 29.4 Å². The second-order valence-electron chi connectivity index (χ2n) is 5.04. The minimum Gasteiger partial charge on any atom is -0.507 e. The van der Waals surface area contributed by atoms with Crippen LogP contribution in [0.2, 0.25) is 0 Å². The van der Waals surface area contributed by atoms with E-state index in [2.05, 4.69) is 15.8 Å². The third kappa shape index (κ3) is 5.23. The topological polar surface area (TPSA) is 109 Å². The first-order chi connectivity index (χ1) is 12.5. The Hall–Kier alpha value is -3.55. The number of benzene rings is 2. The maximum absolute atomic E-state index is 11.8. The first kappa shape index (κ1) is 18.8. The summed E-state index contributed by atoms with van der Waals surface area (Å²) in [5.74, 6) is -0.678. The number of nitrogens with one attached hydrogen (secondary N) is 2. The normalized spacial score (nSPS) is 10.4. The van der Waals surface area contributed by atoms with Crippen molar-refractivity contribution in [1.29, 1.82) is 0 Å². The van der Waals surface area contributed by atoms with Crippen molar-refractivity contribution in [3.05, 3.63) is 48.0 Å². The smallest absolute Gasteiger partial charge is 0.329 e. The SMILES string of the molecule is CCOc1ccc(NC(=O)C(=O)NN=Cc2cc(OC)ccc2O)cc1. The predicted octanol–water partition coefficient (Wildman–Crippen LogP) is 1.89. The number of aromatic hydroxyl groups is 1. The molecule has 3 N–H and O–H groups in total. The van der Waals surface area contributed by atoms with Gasteiger partial charge < -0.3 is 19.9 Å². The summed E-state index contributed by atoms with van der Waals surface area (Å²) in [6.07, 6.45) is 1.21. The number of phenolic OH excluding ortho intramolecular Hbond substituents is 1. The molecule has 0 fully saturated rings. The fraction of sp³-hybridized carbons (Fsp3) is 0.167.